The van der Waals surface area contributed by atoms with Gasteiger partial charge in [0.1, 0.15) is 17.1 Å². The molecule has 0 aliphatic carbocycles. The topological polar surface area (TPSA) is 72.0 Å². The number of piperazine rings is 1. The van der Waals surface area contributed by atoms with Crippen molar-refractivity contribution in [2.45, 2.75) is 13.5 Å². The lowest BCUT2D eigenvalue weighted by Crippen LogP contribution is -2.46. The number of hydrogen-bond donors (Lipinski definition) is 0. The Morgan fingerprint density at radius 1 is 1.00 bits per heavy atom. The summed E-state index contributed by atoms with van der Waals surface area (Å²) in [5, 5.41) is 12.0. The average Bonchev–Trinajstić information content (AvgIpc) is 3.19. The number of nitro benzene ring substituents is 1. The number of ether oxygens (including phenoxy) is 1. The number of hydrogen-bond acceptors (Lipinski definition) is 6. The summed E-state index contributed by atoms with van der Waals surface area (Å²) in [4.78, 5) is 15.2. The van der Waals surface area contributed by atoms with E-state index < -0.39 is 0 Å². The van der Waals surface area contributed by atoms with E-state index >= 15 is 0 Å². The Balaban J connectivity index is 1.33. The van der Waals surface area contributed by atoms with Crippen LogP contribution < -0.4 is 9.64 Å². The third-order valence-electron chi connectivity index (χ3n) is 6.52. The lowest BCUT2D eigenvalue weighted by atomic mass is 10.0. The van der Waals surface area contributed by atoms with Gasteiger partial charge in [-0.3, -0.25) is 15.0 Å². The van der Waals surface area contributed by atoms with Gasteiger partial charge in [-0.25, -0.2) is 0 Å². The molecule has 0 amide bonds. The minimum absolute atomic E-state index is 0.119. The molecule has 0 saturated carbocycles. The third-order valence-corrected chi connectivity index (χ3v) is 6.52. The van der Waals surface area contributed by atoms with E-state index in [0.29, 0.717) is 0 Å². The van der Waals surface area contributed by atoms with Crippen molar-refractivity contribution in [1.29, 1.82) is 0 Å². The summed E-state index contributed by atoms with van der Waals surface area (Å²) >= 11 is 0. The molecular weight excluding hydrogens is 430 g/mol. The lowest BCUT2D eigenvalue weighted by Gasteiger charge is -2.36. The molecule has 1 fully saturated rings. The zero-order valence-corrected chi connectivity index (χ0v) is 19.4. The van der Waals surface area contributed by atoms with Gasteiger partial charge in [-0.15, -0.1) is 0 Å². The van der Waals surface area contributed by atoms with Crippen LogP contribution in [0.2, 0.25) is 0 Å². The van der Waals surface area contributed by atoms with E-state index in [-0.39, 0.29) is 10.6 Å². The van der Waals surface area contributed by atoms with Gasteiger partial charge in [-0.2, -0.15) is 0 Å². The zero-order chi connectivity index (χ0) is 23.7. The molecule has 1 aliphatic heterocycles. The average molecular weight is 458 g/mol. The maximum absolute atomic E-state index is 10.9. The van der Waals surface area contributed by atoms with Crippen LogP contribution in [-0.2, 0) is 6.54 Å². The van der Waals surface area contributed by atoms with E-state index in [0.717, 1.165) is 77.6 Å². The van der Waals surface area contributed by atoms with Gasteiger partial charge in [-0.1, -0.05) is 30.3 Å². The van der Waals surface area contributed by atoms with Gasteiger partial charge in [0.15, 0.2) is 0 Å². The summed E-state index contributed by atoms with van der Waals surface area (Å²) in [6.07, 6.45) is 0. The van der Waals surface area contributed by atoms with E-state index in [1.54, 1.807) is 19.2 Å². The van der Waals surface area contributed by atoms with Crippen molar-refractivity contribution in [1.82, 2.24) is 4.90 Å². The molecule has 1 saturated heterocycles. The van der Waals surface area contributed by atoms with E-state index in [4.69, 9.17) is 9.15 Å². The largest absolute Gasteiger partial charge is 0.496 e. The molecule has 1 aromatic heterocycles. The number of nitro groups is 1. The van der Waals surface area contributed by atoms with Crippen LogP contribution in [0.1, 0.15) is 11.3 Å². The smallest absolute Gasteiger partial charge is 0.269 e. The fraction of sp³-hybridized carbons (Fsp3) is 0.259. The number of aryl methyl sites for hydroxylation is 1. The Kier molecular flexibility index (Phi) is 5.94. The number of fused-ring (bicyclic) bond motifs is 1. The van der Waals surface area contributed by atoms with Gasteiger partial charge in [-0.05, 0) is 36.8 Å². The second kappa shape index (κ2) is 9.19. The van der Waals surface area contributed by atoms with Crippen molar-refractivity contribution in [3.05, 3.63) is 88.2 Å². The van der Waals surface area contributed by atoms with Crippen LogP contribution in [0.3, 0.4) is 0 Å². The molecule has 4 aromatic rings. The number of anilines is 1. The minimum atomic E-state index is -0.366. The quantitative estimate of drug-likeness (QED) is 0.275. The first-order valence-corrected chi connectivity index (χ1v) is 11.4. The maximum Gasteiger partial charge on any atom is 0.269 e. The van der Waals surface area contributed by atoms with E-state index in [9.17, 15) is 10.1 Å². The van der Waals surface area contributed by atoms with Crippen molar-refractivity contribution in [2.75, 3.05) is 38.2 Å². The molecule has 0 unspecified atom stereocenters. The summed E-state index contributed by atoms with van der Waals surface area (Å²) in [6, 6.07) is 21.3. The molecule has 5 rings (SSSR count). The maximum atomic E-state index is 10.9. The highest BCUT2D eigenvalue weighted by Crippen LogP contribution is 2.38. The Bertz CT molecular complexity index is 1310. The van der Waals surface area contributed by atoms with Crippen molar-refractivity contribution in [3.8, 4) is 16.9 Å². The molecule has 2 heterocycles. The van der Waals surface area contributed by atoms with Crippen LogP contribution in [-0.4, -0.2) is 43.1 Å². The number of furan rings is 1. The highest BCUT2D eigenvalue weighted by atomic mass is 16.6. The Hall–Kier alpha value is -3.84. The van der Waals surface area contributed by atoms with Gasteiger partial charge in [0, 0.05) is 67.1 Å². The second-order valence-electron chi connectivity index (χ2n) is 8.60. The fourth-order valence-electron chi connectivity index (χ4n) is 4.75. The first kappa shape index (κ1) is 22.0. The standard InChI is InChI=1S/C27H27N3O4/c1-19-27(20-6-4-3-5-7-20)24-17-25(33-2)21(16-26(24)34-19)18-28-12-14-29(15-13-28)22-8-10-23(11-9-22)30(31)32/h3-11,16-17H,12-15,18H2,1-2H3. The van der Waals surface area contributed by atoms with Gasteiger partial charge < -0.3 is 14.1 Å². The third kappa shape index (κ3) is 4.22. The number of rotatable bonds is 6. The number of benzene rings is 3. The molecule has 0 bridgehead atoms. The molecule has 0 spiro atoms. The summed E-state index contributed by atoms with van der Waals surface area (Å²) in [5.41, 5.74) is 5.36. The highest BCUT2D eigenvalue weighted by molar-refractivity contribution is 5.97. The first-order valence-electron chi connectivity index (χ1n) is 11.4. The lowest BCUT2D eigenvalue weighted by molar-refractivity contribution is -0.384. The van der Waals surface area contributed by atoms with Crippen molar-refractivity contribution < 1.29 is 14.1 Å². The number of nitrogens with zero attached hydrogens (tertiary/aromatic N) is 3. The van der Waals surface area contributed by atoms with Gasteiger partial charge in [0.05, 0.1) is 12.0 Å². The summed E-state index contributed by atoms with van der Waals surface area (Å²) in [7, 11) is 1.71. The second-order valence-corrected chi connectivity index (χ2v) is 8.60. The molecule has 174 valence electrons. The summed E-state index contributed by atoms with van der Waals surface area (Å²) in [6.45, 7) is 6.29. The monoisotopic (exact) mass is 457 g/mol. The molecule has 34 heavy (non-hydrogen) atoms. The van der Waals surface area contributed by atoms with Crippen LogP contribution in [0.5, 0.6) is 5.75 Å². The SMILES string of the molecule is COc1cc2c(-c3ccccc3)c(C)oc2cc1CN1CCN(c2ccc([N+](=O)[O-])cc2)CC1. The molecule has 0 N–H and O–H groups in total. The van der Waals surface area contributed by atoms with Crippen LogP contribution in [0.15, 0.2) is 71.1 Å². The molecule has 0 atom stereocenters. The van der Waals surface area contributed by atoms with Crippen molar-refractivity contribution in [2.24, 2.45) is 0 Å². The molecular formula is C27H27N3O4. The Labute approximate surface area is 198 Å². The van der Waals surface area contributed by atoms with E-state index in [1.165, 1.54) is 0 Å². The van der Waals surface area contributed by atoms with Crippen LogP contribution in [0, 0.1) is 17.0 Å². The molecule has 7 heteroatoms. The Morgan fingerprint density at radius 3 is 2.35 bits per heavy atom. The zero-order valence-electron chi connectivity index (χ0n) is 19.4. The summed E-state index contributed by atoms with van der Waals surface area (Å²) < 4.78 is 11.9. The summed E-state index contributed by atoms with van der Waals surface area (Å²) in [5.74, 6) is 1.76. The minimum Gasteiger partial charge on any atom is -0.496 e. The number of non-ortho nitro benzene ring substituents is 1. The number of methoxy groups -OCH3 is 1. The van der Waals surface area contributed by atoms with Gasteiger partial charge in [0.25, 0.3) is 5.69 Å². The van der Waals surface area contributed by atoms with Crippen molar-refractivity contribution in [3.63, 3.8) is 0 Å². The Morgan fingerprint density at radius 2 is 1.71 bits per heavy atom. The van der Waals surface area contributed by atoms with Crippen LogP contribution in [0.25, 0.3) is 22.1 Å². The molecule has 7 nitrogen and oxygen atoms in total. The predicted molar refractivity (Wildman–Crippen MR) is 134 cm³/mol. The van der Waals surface area contributed by atoms with Crippen molar-refractivity contribution >= 4 is 22.3 Å². The first-order chi connectivity index (χ1) is 16.5. The van der Waals surface area contributed by atoms with Gasteiger partial charge >= 0.3 is 0 Å². The van der Waals surface area contributed by atoms with E-state index in [2.05, 4.69) is 34.1 Å². The predicted octanol–water partition coefficient (Wildman–Crippen LogP) is 5.65. The fourth-order valence-corrected chi connectivity index (χ4v) is 4.75. The molecule has 1 aliphatic rings. The van der Waals surface area contributed by atoms with Crippen LogP contribution >= 0.6 is 0 Å². The van der Waals surface area contributed by atoms with Gasteiger partial charge in [0.2, 0.25) is 0 Å². The molecule has 0 radical (unpaired) electrons. The molecule has 3 aromatic carbocycles. The highest BCUT2D eigenvalue weighted by Gasteiger charge is 2.21. The van der Waals surface area contributed by atoms with Crippen LogP contribution in [0.4, 0.5) is 11.4 Å². The van der Waals surface area contributed by atoms with E-state index in [1.807, 2.05) is 37.3 Å². The normalized spacial score (nSPS) is 14.5.